The van der Waals surface area contributed by atoms with Crippen LogP contribution < -0.4 is 5.32 Å². The number of benzene rings is 1. The summed E-state index contributed by atoms with van der Waals surface area (Å²) in [5.41, 5.74) is -0.930. The smallest absolute Gasteiger partial charge is 0.437 e. The standard InChI is InChI=1S/C23H31N3O7S/c1-22(2,3)33-21(29)24-20-25-23(4,16-7-8-16)12-18(27)26(20)13-14-9-15(19(28)32-5)11-17(10-14)34(6,30)31/h9-11,16H,7-8,12-13H2,1-6H3,(H,24,25,29)/t23-/m0/s1. The second-order valence-corrected chi connectivity index (χ2v) is 12.0. The molecule has 11 heteroatoms. The fourth-order valence-electron chi connectivity index (χ4n) is 3.87. The number of ether oxygens (including phenoxy) is 2. The van der Waals surface area contributed by atoms with Crippen molar-refractivity contribution in [1.82, 2.24) is 10.2 Å². The average molecular weight is 494 g/mol. The first-order chi connectivity index (χ1) is 15.6. The van der Waals surface area contributed by atoms with Gasteiger partial charge in [0.1, 0.15) is 5.60 Å². The van der Waals surface area contributed by atoms with Crippen LogP contribution in [0.4, 0.5) is 4.79 Å². The fraction of sp³-hybridized carbons (Fsp3) is 0.565. The molecule has 34 heavy (non-hydrogen) atoms. The highest BCUT2D eigenvalue weighted by Crippen LogP contribution is 2.43. The van der Waals surface area contributed by atoms with E-state index in [2.05, 4.69) is 10.3 Å². The number of sulfone groups is 1. The van der Waals surface area contributed by atoms with Crippen LogP contribution in [0.5, 0.6) is 0 Å². The summed E-state index contributed by atoms with van der Waals surface area (Å²) in [6, 6.07) is 4.06. The SMILES string of the molecule is COC(=O)c1cc(CN2C(=O)C[C@@](C)(C3CC3)N/C2=N/C(=O)OC(C)(C)C)cc(S(C)(=O)=O)c1. The number of carbonyl (C=O) groups is 3. The molecule has 1 aromatic rings. The van der Waals surface area contributed by atoms with E-state index in [9.17, 15) is 22.8 Å². The molecule has 2 amide bonds. The number of rotatable bonds is 5. The van der Waals surface area contributed by atoms with Crippen LogP contribution in [0.1, 0.15) is 62.9 Å². The van der Waals surface area contributed by atoms with E-state index in [1.807, 2.05) is 6.92 Å². The first-order valence-corrected chi connectivity index (χ1v) is 12.8. The number of guanidine groups is 1. The van der Waals surface area contributed by atoms with Crippen molar-refractivity contribution >= 4 is 33.8 Å². The summed E-state index contributed by atoms with van der Waals surface area (Å²) in [5, 5.41) is 3.25. The van der Waals surface area contributed by atoms with Gasteiger partial charge in [-0.1, -0.05) is 0 Å². The van der Waals surface area contributed by atoms with Gasteiger partial charge in [-0.2, -0.15) is 0 Å². The number of nitrogens with zero attached hydrogens (tertiary/aromatic N) is 2. The second-order valence-electron chi connectivity index (χ2n) is 10.0. The summed E-state index contributed by atoms with van der Waals surface area (Å²) in [6.07, 6.45) is 2.29. The van der Waals surface area contributed by atoms with Gasteiger partial charge in [-0.05, 0) is 70.2 Å². The third-order valence-corrected chi connectivity index (χ3v) is 6.79. The Hall–Kier alpha value is -2.95. The summed E-state index contributed by atoms with van der Waals surface area (Å²) in [4.78, 5) is 43.0. The highest BCUT2D eigenvalue weighted by molar-refractivity contribution is 7.90. The molecule has 1 aromatic carbocycles. The van der Waals surface area contributed by atoms with E-state index in [4.69, 9.17) is 9.47 Å². The molecule has 0 bridgehead atoms. The lowest BCUT2D eigenvalue weighted by Crippen LogP contribution is -2.62. The number of carbonyl (C=O) groups excluding carboxylic acids is 3. The molecule has 186 valence electrons. The Kier molecular flexibility index (Phi) is 6.80. The van der Waals surface area contributed by atoms with Crippen molar-refractivity contribution in [3.8, 4) is 0 Å². The molecular weight excluding hydrogens is 462 g/mol. The zero-order chi connectivity index (χ0) is 25.5. The van der Waals surface area contributed by atoms with Crippen LogP contribution in [-0.2, 0) is 30.7 Å². The van der Waals surface area contributed by atoms with Crippen LogP contribution in [-0.4, -0.2) is 61.8 Å². The van der Waals surface area contributed by atoms with Gasteiger partial charge >= 0.3 is 12.1 Å². The van der Waals surface area contributed by atoms with Crippen LogP contribution >= 0.6 is 0 Å². The van der Waals surface area contributed by atoms with Crippen molar-refractivity contribution in [3.05, 3.63) is 29.3 Å². The van der Waals surface area contributed by atoms with Crippen LogP contribution in [0.25, 0.3) is 0 Å². The molecule has 3 rings (SSSR count). The molecule has 2 aliphatic rings. The second kappa shape index (κ2) is 9.01. The molecule has 1 saturated carbocycles. The molecule has 1 N–H and O–H groups in total. The summed E-state index contributed by atoms with van der Waals surface area (Å²) in [7, 11) is -2.46. The highest BCUT2D eigenvalue weighted by atomic mass is 32.2. The molecule has 1 atom stereocenters. The third-order valence-electron chi connectivity index (χ3n) is 5.70. The van der Waals surface area contributed by atoms with Crippen LogP contribution in [0.15, 0.2) is 28.1 Å². The van der Waals surface area contributed by atoms with E-state index in [1.54, 1.807) is 20.8 Å². The number of esters is 1. The minimum atomic E-state index is -3.65. The maximum absolute atomic E-state index is 13.2. The minimum Gasteiger partial charge on any atom is -0.465 e. The van der Waals surface area contributed by atoms with Crippen molar-refractivity contribution in [1.29, 1.82) is 0 Å². The van der Waals surface area contributed by atoms with Crippen molar-refractivity contribution in [3.63, 3.8) is 0 Å². The van der Waals surface area contributed by atoms with Gasteiger partial charge < -0.3 is 14.8 Å². The number of nitrogens with one attached hydrogen (secondary N) is 1. The predicted octanol–water partition coefficient (Wildman–Crippen LogP) is 2.66. The monoisotopic (exact) mass is 493 g/mol. The lowest BCUT2D eigenvalue weighted by atomic mass is 9.89. The van der Waals surface area contributed by atoms with Gasteiger partial charge in [0.05, 0.1) is 30.5 Å². The van der Waals surface area contributed by atoms with E-state index in [1.165, 1.54) is 30.2 Å². The quantitative estimate of drug-likeness (QED) is 0.620. The normalized spacial score (nSPS) is 22.4. The van der Waals surface area contributed by atoms with E-state index in [0.717, 1.165) is 19.1 Å². The molecule has 10 nitrogen and oxygen atoms in total. The van der Waals surface area contributed by atoms with Crippen molar-refractivity contribution < 1.29 is 32.3 Å². The molecule has 2 fully saturated rings. The molecule has 1 aliphatic heterocycles. The van der Waals surface area contributed by atoms with E-state index in [-0.39, 0.29) is 41.2 Å². The van der Waals surface area contributed by atoms with E-state index in [0.29, 0.717) is 5.56 Å². The Morgan fingerprint density at radius 1 is 1.24 bits per heavy atom. The average Bonchev–Trinajstić information content (AvgIpc) is 3.53. The topological polar surface area (TPSA) is 131 Å². The maximum atomic E-state index is 13.2. The summed E-state index contributed by atoms with van der Waals surface area (Å²) < 4.78 is 34.4. The van der Waals surface area contributed by atoms with Gasteiger partial charge in [0.2, 0.25) is 11.9 Å². The van der Waals surface area contributed by atoms with Gasteiger partial charge in [0, 0.05) is 11.8 Å². The Morgan fingerprint density at radius 3 is 2.41 bits per heavy atom. The van der Waals surface area contributed by atoms with Gasteiger partial charge in [-0.25, -0.2) is 18.0 Å². The zero-order valence-corrected chi connectivity index (χ0v) is 21.1. The lowest BCUT2D eigenvalue weighted by Gasteiger charge is -2.41. The maximum Gasteiger partial charge on any atom is 0.437 e. The summed E-state index contributed by atoms with van der Waals surface area (Å²) in [5.74, 6) is -0.676. The van der Waals surface area contributed by atoms with Crippen molar-refractivity contribution in [2.75, 3.05) is 13.4 Å². The van der Waals surface area contributed by atoms with Gasteiger partial charge in [-0.15, -0.1) is 4.99 Å². The lowest BCUT2D eigenvalue weighted by molar-refractivity contribution is -0.131. The Balaban J connectivity index is 2.01. The minimum absolute atomic E-state index is 0.0317. The number of methoxy groups -OCH3 is 1. The van der Waals surface area contributed by atoms with Crippen LogP contribution in [0, 0.1) is 5.92 Å². The first-order valence-electron chi connectivity index (χ1n) is 10.9. The first kappa shape index (κ1) is 25.7. The third kappa shape index (κ3) is 6.13. The zero-order valence-electron chi connectivity index (χ0n) is 20.3. The summed E-state index contributed by atoms with van der Waals surface area (Å²) in [6.45, 7) is 6.94. The molecule has 0 aromatic heterocycles. The summed E-state index contributed by atoms with van der Waals surface area (Å²) >= 11 is 0. The number of aliphatic imine (C=N–C) groups is 1. The fourth-order valence-corrected chi connectivity index (χ4v) is 4.58. The van der Waals surface area contributed by atoms with Crippen LogP contribution in [0.2, 0.25) is 0 Å². The number of hydrogen-bond donors (Lipinski definition) is 1. The molecule has 1 saturated heterocycles. The Morgan fingerprint density at radius 2 is 1.88 bits per heavy atom. The van der Waals surface area contributed by atoms with Crippen molar-refractivity contribution in [2.45, 2.75) is 69.5 Å². The molecule has 0 spiro atoms. The molecular formula is C23H31N3O7S. The largest absolute Gasteiger partial charge is 0.465 e. The predicted molar refractivity (Wildman–Crippen MR) is 124 cm³/mol. The van der Waals surface area contributed by atoms with Gasteiger partial charge in [0.25, 0.3) is 0 Å². The number of amides is 2. The number of hydrogen-bond acceptors (Lipinski definition) is 7. The van der Waals surface area contributed by atoms with E-state index < -0.39 is 33.0 Å². The molecule has 1 heterocycles. The molecule has 0 radical (unpaired) electrons. The Labute approximate surface area is 199 Å². The molecule has 0 unspecified atom stereocenters. The van der Waals surface area contributed by atoms with Gasteiger partial charge in [-0.3, -0.25) is 9.69 Å². The van der Waals surface area contributed by atoms with E-state index >= 15 is 0 Å². The molecule has 1 aliphatic carbocycles. The Bertz CT molecular complexity index is 1150. The van der Waals surface area contributed by atoms with Crippen molar-refractivity contribution in [2.24, 2.45) is 10.9 Å². The van der Waals surface area contributed by atoms with Crippen LogP contribution in [0.3, 0.4) is 0 Å². The van der Waals surface area contributed by atoms with Gasteiger partial charge in [0.15, 0.2) is 9.84 Å². The highest BCUT2D eigenvalue weighted by Gasteiger charge is 2.48.